The van der Waals surface area contributed by atoms with Crippen molar-refractivity contribution in [1.29, 1.82) is 0 Å². The molecule has 2 atom stereocenters. The number of benzene rings is 3. The van der Waals surface area contributed by atoms with Crippen molar-refractivity contribution >= 4 is 22.7 Å². The molecule has 0 spiro atoms. The molecule has 1 saturated heterocycles. The maximum Gasteiger partial charge on any atom is 0.247 e. The second kappa shape index (κ2) is 10.7. The molecule has 4 aromatic rings. The van der Waals surface area contributed by atoms with Crippen molar-refractivity contribution in [3.05, 3.63) is 102 Å². The number of hydrogen-bond acceptors (Lipinski definition) is 3. The molecule has 1 aromatic heterocycles. The number of nitrogens with one attached hydrogen (secondary N) is 2. The first kappa shape index (κ1) is 23.7. The molecule has 1 fully saturated rings. The number of piperidine rings is 1. The van der Waals surface area contributed by atoms with Crippen LogP contribution in [0.5, 0.6) is 5.75 Å². The highest BCUT2D eigenvalue weighted by atomic mass is 16.5. The minimum Gasteiger partial charge on any atom is -0.497 e. The van der Waals surface area contributed by atoms with Gasteiger partial charge in [0.2, 0.25) is 11.8 Å². The van der Waals surface area contributed by atoms with Gasteiger partial charge in [-0.25, -0.2) is 0 Å². The first-order chi connectivity index (χ1) is 17.7. The number of aromatic amines is 1. The van der Waals surface area contributed by atoms with Crippen molar-refractivity contribution < 1.29 is 14.3 Å². The number of H-pyrrole nitrogens is 1. The van der Waals surface area contributed by atoms with E-state index in [9.17, 15) is 9.59 Å². The Kier molecular flexibility index (Phi) is 7.03. The molecule has 0 saturated carbocycles. The summed E-state index contributed by atoms with van der Waals surface area (Å²) in [5.74, 6) is 0.584. The summed E-state index contributed by atoms with van der Waals surface area (Å²) >= 11 is 0. The lowest BCUT2D eigenvalue weighted by molar-refractivity contribution is -0.142. The molecular weight excluding hydrogens is 450 g/mol. The molecular formula is C30H31N3O3. The van der Waals surface area contributed by atoms with Crippen LogP contribution in [0.4, 0.5) is 0 Å². The number of hydrogen-bond donors (Lipinski definition) is 2. The SMILES string of the molecule is COc1ccc(C(CNC(=O)C(c2ccccc2)N2CCCCC2=O)c2c[nH]c3ccccc23)cc1. The topological polar surface area (TPSA) is 74.4 Å². The summed E-state index contributed by atoms with van der Waals surface area (Å²) < 4.78 is 5.35. The summed E-state index contributed by atoms with van der Waals surface area (Å²) in [4.78, 5) is 31.6. The number of carbonyl (C=O) groups is 2. The monoisotopic (exact) mass is 481 g/mol. The number of fused-ring (bicyclic) bond motifs is 1. The molecule has 36 heavy (non-hydrogen) atoms. The quantitative estimate of drug-likeness (QED) is 0.364. The van der Waals surface area contributed by atoms with Gasteiger partial charge in [-0.1, -0.05) is 60.7 Å². The molecule has 3 aromatic carbocycles. The van der Waals surface area contributed by atoms with Crippen LogP contribution in [0.25, 0.3) is 10.9 Å². The molecule has 2 amide bonds. The zero-order valence-corrected chi connectivity index (χ0v) is 20.4. The van der Waals surface area contributed by atoms with E-state index in [1.54, 1.807) is 12.0 Å². The number of likely N-dealkylation sites (tertiary alicyclic amines) is 1. The van der Waals surface area contributed by atoms with Crippen molar-refractivity contribution in [2.75, 3.05) is 20.2 Å². The molecule has 0 bridgehead atoms. The van der Waals surface area contributed by atoms with Crippen LogP contribution in [0.3, 0.4) is 0 Å². The van der Waals surface area contributed by atoms with E-state index in [0.29, 0.717) is 19.5 Å². The number of ether oxygens (including phenoxy) is 1. The van der Waals surface area contributed by atoms with Crippen LogP contribution in [0.15, 0.2) is 85.1 Å². The highest BCUT2D eigenvalue weighted by Gasteiger charge is 2.33. The van der Waals surface area contributed by atoms with Crippen LogP contribution in [0.2, 0.25) is 0 Å². The summed E-state index contributed by atoms with van der Waals surface area (Å²) in [5.41, 5.74) is 4.07. The second-order valence-electron chi connectivity index (χ2n) is 9.22. The molecule has 5 rings (SSSR count). The largest absolute Gasteiger partial charge is 0.497 e. The predicted octanol–water partition coefficient (Wildman–Crippen LogP) is 5.18. The van der Waals surface area contributed by atoms with Gasteiger partial charge in [0, 0.05) is 42.5 Å². The van der Waals surface area contributed by atoms with Crippen molar-refractivity contribution in [2.24, 2.45) is 0 Å². The van der Waals surface area contributed by atoms with Gasteiger partial charge in [-0.2, -0.15) is 0 Å². The third-order valence-corrected chi connectivity index (χ3v) is 7.03. The van der Waals surface area contributed by atoms with E-state index in [0.717, 1.165) is 46.2 Å². The second-order valence-corrected chi connectivity index (χ2v) is 9.22. The van der Waals surface area contributed by atoms with E-state index in [4.69, 9.17) is 4.74 Å². The van der Waals surface area contributed by atoms with Crippen LogP contribution in [0.1, 0.15) is 47.9 Å². The number of nitrogens with zero attached hydrogens (tertiary/aromatic N) is 1. The Bertz CT molecular complexity index is 1330. The molecule has 6 nitrogen and oxygen atoms in total. The van der Waals surface area contributed by atoms with Crippen LogP contribution in [-0.4, -0.2) is 41.9 Å². The van der Waals surface area contributed by atoms with Crippen molar-refractivity contribution in [3.8, 4) is 5.75 Å². The first-order valence-corrected chi connectivity index (χ1v) is 12.5. The van der Waals surface area contributed by atoms with Gasteiger partial charge in [0.25, 0.3) is 0 Å². The van der Waals surface area contributed by atoms with E-state index < -0.39 is 6.04 Å². The van der Waals surface area contributed by atoms with Gasteiger partial charge >= 0.3 is 0 Å². The number of amides is 2. The summed E-state index contributed by atoms with van der Waals surface area (Å²) in [5, 5.41) is 4.32. The van der Waals surface area contributed by atoms with E-state index >= 15 is 0 Å². The fourth-order valence-corrected chi connectivity index (χ4v) is 5.13. The van der Waals surface area contributed by atoms with Crippen molar-refractivity contribution in [3.63, 3.8) is 0 Å². The smallest absolute Gasteiger partial charge is 0.247 e. The van der Waals surface area contributed by atoms with Gasteiger partial charge < -0.3 is 19.9 Å². The predicted molar refractivity (Wildman–Crippen MR) is 141 cm³/mol. The Balaban J connectivity index is 1.45. The minimum absolute atomic E-state index is 0.0357. The Morgan fingerprint density at radius 2 is 1.72 bits per heavy atom. The molecule has 2 N–H and O–H groups in total. The maximum atomic E-state index is 13.7. The number of rotatable bonds is 8. The highest BCUT2D eigenvalue weighted by molar-refractivity contribution is 5.89. The van der Waals surface area contributed by atoms with E-state index in [2.05, 4.69) is 22.4 Å². The number of methoxy groups -OCH3 is 1. The molecule has 0 radical (unpaired) electrons. The van der Waals surface area contributed by atoms with Gasteiger partial charge in [-0.3, -0.25) is 9.59 Å². The highest BCUT2D eigenvalue weighted by Crippen LogP contribution is 2.32. The zero-order chi connectivity index (χ0) is 24.9. The summed E-state index contributed by atoms with van der Waals surface area (Å²) in [6.45, 7) is 0.995. The van der Waals surface area contributed by atoms with Gasteiger partial charge in [0.05, 0.1) is 7.11 Å². The number of aromatic nitrogens is 1. The lowest BCUT2D eigenvalue weighted by Gasteiger charge is -2.34. The fraction of sp³-hybridized carbons (Fsp3) is 0.267. The summed E-state index contributed by atoms with van der Waals surface area (Å²) in [6, 6.07) is 25.1. The van der Waals surface area contributed by atoms with E-state index in [1.165, 1.54) is 0 Å². The van der Waals surface area contributed by atoms with E-state index in [-0.39, 0.29) is 17.7 Å². The first-order valence-electron chi connectivity index (χ1n) is 12.5. The maximum absolute atomic E-state index is 13.7. The van der Waals surface area contributed by atoms with Gasteiger partial charge in [-0.05, 0) is 47.7 Å². The standard InChI is InChI=1S/C30H31N3O3/c1-36-23-16-14-21(15-17-23)25(26-20-31-27-12-6-5-11-24(26)27)19-32-30(35)29(22-9-3-2-4-10-22)33-18-8-7-13-28(33)34/h2-6,9-12,14-17,20,25,29,31H,7-8,13,18-19H2,1H3,(H,32,35). The van der Waals surface area contributed by atoms with Gasteiger partial charge in [0.1, 0.15) is 11.8 Å². The lowest BCUT2D eigenvalue weighted by Crippen LogP contribution is -2.46. The van der Waals surface area contributed by atoms with E-state index in [1.807, 2.05) is 72.9 Å². The van der Waals surface area contributed by atoms with Crippen LogP contribution < -0.4 is 10.1 Å². The average molecular weight is 482 g/mol. The Labute approximate surface area is 211 Å². The number of carbonyl (C=O) groups excluding carboxylic acids is 2. The molecule has 1 aliphatic heterocycles. The molecule has 0 aliphatic carbocycles. The lowest BCUT2D eigenvalue weighted by atomic mass is 9.90. The van der Waals surface area contributed by atoms with Crippen LogP contribution >= 0.6 is 0 Å². The Morgan fingerprint density at radius 1 is 0.972 bits per heavy atom. The van der Waals surface area contributed by atoms with Crippen molar-refractivity contribution in [1.82, 2.24) is 15.2 Å². The van der Waals surface area contributed by atoms with Gasteiger partial charge in [0.15, 0.2) is 0 Å². The van der Waals surface area contributed by atoms with Crippen LogP contribution in [-0.2, 0) is 9.59 Å². The Hall–Kier alpha value is -4.06. The number of para-hydroxylation sites is 1. The Morgan fingerprint density at radius 3 is 2.47 bits per heavy atom. The van der Waals surface area contributed by atoms with Crippen LogP contribution in [0, 0.1) is 0 Å². The fourth-order valence-electron chi connectivity index (χ4n) is 5.13. The van der Waals surface area contributed by atoms with Crippen molar-refractivity contribution in [2.45, 2.75) is 31.2 Å². The molecule has 6 heteroatoms. The third kappa shape index (κ3) is 4.85. The summed E-state index contributed by atoms with van der Waals surface area (Å²) in [7, 11) is 1.65. The molecule has 2 heterocycles. The zero-order valence-electron chi connectivity index (χ0n) is 20.4. The normalized spacial score (nSPS) is 15.5. The van der Waals surface area contributed by atoms with Gasteiger partial charge in [-0.15, -0.1) is 0 Å². The molecule has 2 unspecified atom stereocenters. The average Bonchev–Trinajstić information content (AvgIpc) is 3.35. The third-order valence-electron chi connectivity index (χ3n) is 7.03. The minimum atomic E-state index is -0.640. The molecule has 184 valence electrons. The molecule has 1 aliphatic rings. The summed E-state index contributed by atoms with van der Waals surface area (Å²) in [6.07, 6.45) is 4.29.